The maximum atomic E-state index is 14.4. The third-order valence-electron chi connectivity index (χ3n) is 10.8. The standard InChI is InChI=1S/C41H39N7O3/c1-24-22-42-25(2)36-44-35(45-48(24)36)28-15-16-33-32(21-28)43-37(46(33)6)29-9-7-8-10-30(29)38(49)47-20-18-34-40(3,4)31(17-19-41(34,5)23-47)26-11-13-27(14-12-26)39(50)51/h7-18,21-22H,19-20,23H2,1-6H3,(H,50,51)/t41-/m1/s1. The largest absolute Gasteiger partial charge is 0.478 e. The molecule has 6 aromatic rings. The number of nitrogens with zero attached hydrogens (tertiary/aromatic N) is 7. The van der Waals surface area contributed by atoms with Crippen molar-refractivity contribution in [2.45, 2.75) is 41.0 Å². The molecular weight excluding hydrogens is 638 g/mol. The first-order valence-corrected chi connectivity index (χ1v) is 17.2. The molecule has 0 bridgehead atoms. The first-order chi connectivity index (χ1) is 24.4. The molecule has 10 heteroatoms. The van der Waals surface area contributed by atoms with Gasteiger partial charge in [-0.1, -0.05) is 68.8 Å². The maximum Gasteiger partial charge on any atom is 0.335 e. The monoisotopic (exact) mass is 677 g/mol. The van der Waals surface area contributed by atoms with E-state index >= 15 is 0 Å². The molecule has 256 valence electrons. The number of hydrogen-bond donors (Lipinski definition) is 1. The van der Waals surface area contributed by atoms with Crippen LogP contribution >= 0.6 is 0 Å². The van der Waals surface area contributed by atoms with Crippen molar-refractivity contribution >= 4 is 34.1 Å². The SMILES string of the molecule is Cc1ncc(C)n2nc(-c3ccc4c(c3)nc(-c3ccccc3C(=O)N3CC=C5C(C)(C)C(c6ccc(C(=O)O)cc6)=CC[C@]5(C)C3)n4C)nc12. The Labute approximate surface area is 295 Å². The van der Waals surface area contributed by atoms with Crippen molar-refractivity contribution in [2.24, 2.45) is 17.9 Å². The Balaban J connectivity index is 1.09. The summed E-state index contributed by atoms with van der Waals surface area (Å²) in [7, 11) is 1.98. The summed E-state index contributed by atoms with van der Waals surface area (Å²) >= 11 is 0. The van der Waals surface area contributed by atoms with E-state index in [1.165, 1.54) is 11.1 Å². The molecule has 51 heavy (non-hydrogen) atoms. The number of carboxylic acids is 1. The van der Waals surface area contributed by atoms with Crippen LogP contribution in [0.2, 0.25) is 0 Å². The molecule has 3 aromatic carbocycles. The van der Waals surface area contributed by atoms with Gasteiger partial charge in [0.05, 0.1) is 33.5 Å². The highest BCUT2D eigenvalue weighted by Gasteiger charge is 2.46. The molecule has 1 atom stereocenters. The average molecular weight is 678 g/mol. The molecule has 1 aliphatic carbocycles. The number of allylic oxidation sites excluding steroid dienone is 2. The summed E-state index contributed by atoms with van der Waals surface area (Å²) in [5, 5.41) is 14.1. The molecule has 8 rings (SSSR count). The van der Waals surface area contributed by atoms with Gasteiger partial charge in [-0.2, -0.15) is 0 Å². The van der Waals surface area contributed by atoms with Crippen molar-refractivity contribution < 1.29 is 14.7 Å². The van der Waals surface area contributed by atoms with Crippen molar-refractivity contribution in [3.63, 3.8) is 0 Å². The van der Waals surface area contributed by atoms with Gasteiger partial charge in [-0.15, -0.1) is 5.10 Å². The zero-order valence-electron chi connectivity index (χ0n) is 29.6. The van der Waals surface area contributed by atoms with Crippen LogP contribution in [0.15, 0.2) is 90.7 Å². The van der Waals surface area contributed by atoms with E-state index < -0.39 is 5.97 Å². The number of aryl methyl sites for hydroxylation is 3. The smallest absolute Gasteiger partial charge is 0.335 e. The fourth-order valence-electron chi connectivity index (χ4n) is 8.19. The van der Waals surface area contributed by atoms with Crippen molar-refractivity contribution in [2.75, 3.05) is 13.1 Å². The van der Waals surface area contributed by atoms with E-state index in [-0.39, 0.29) is 22.3 Å². The Bertz CT molecular complexity index is 2450. The molecule has 1 N–H and O–H groups in total. The lowest BCUT2D eigenvalue weighted by Crippen LogP contribution is -2.48. The van der Waals surface area contributed by atoms with Crippen LogP contribution in [0.4, 0.5) is 0 Å². The molecule has 1 amide bonds. The van der Waals surface area contributed by atoms with E-state index in [0.29, 0.717) is 30.3 Å². The molecule has 0 saturated heterocycles. The van der Waals surface area contributed by atoms with E-state index in [1.54, 1.807) is 18.3 Å². The van der Waals surface area contributed by atoms with Gasteiger partial charge in [-0.25, -0.2) is 19.3 Å². The molecule has 0 spiro atoms. The molecule has 0 saturated carbocycles. The lowest BCUT2D eigenvalue weighted by atomic mass is 9.58. The molecule has 0 unspecified atom stereocenters. The molecular formula is C41H39N7O3. The van der Waals surface area contributed by atoms with Gasteiger partial charge in [0.15, 0.2) is 11.5 Å². The van der Waals surface area contributed by atoms with Crippen LogP contribution in [0.3, 0.4) is 0 Å². The lowest BCUT2D eigenvalue weighted by molar-refractivity contribution is 0.0679. The Hall–Kier alpha value is -5.90. The van der Waals surface area contributed by atoms with E-state index in [0.717, 1.165) is 51.2 Å². The van der Waals surface area contributed by atoms with Crippen molar-refractivity contribution in [1.82, 2.24) is 34.0 Å². The van der Waals surface area contributed by atoms with Gasteiger partial charge in [0.1, 0.15) is 5.82 Å². The number of carbonyl (C=O) groups is 2. The Morgan fingerprint density at radius 3 is 2.39 bits per heavy atom. The normalized spacial score (nSPS) is 18.4. The summed E-state index contributed by atoms with van der Waals surface area (Å²) in [6.07, 6.45) is 7.06. The highest BCUT2D eigenvalue weighted by Crippen LogP contribution is 2.55. The highest BCUT2D eigenvalue weighted by atomic mass is 16.4. The van der Waals surface area contributed by atoms with Crippen LogP contribution < -0.4 is 0 Å². The number of aromatic carboxylic acids is 1. The summed E-state index contributed by atoms with van der Waals surface area (Å²) in [5.41, 5.74) is 9.68. The average Bonchev–Trinajstić information content (AvgIpc) is 3.72. The quantitative estimate of drug-likeness (QED) is 0.187. The van der Waals surface area contributed by atoms with Gasteiger partial charge < -0.3 is 14.6 Å². The summed E-state index contributed by atoms with van der Waals surface area (Å²) in [6.45, 7) is 11.7. The fraction of sp³-hybridized carbons (Fsp3) is 0.268. The van der Waals surface area contributed by atoms with Gasteiger partial charge in [0, 0.05) is 48.3 Å². The highest BCUT2D eigenvalue weighted by molar-refractivity contribution is 6.01. The third-order valence-corrected chi connectivity index (χ3v) is 10.8. The van der Waals surface area contributed by atoms with Gasteiger partial charge in [-0.3, -0.25) is 9.78 Å². The van der Waals surface area contributed by atoms with E-state index in [2.05, 4.69) is 37.9 Å². The first kappa shape index (κ1) is 32.3. The van der Waals surface area contributed by atoms with Crippen molar-refractivity contribution in [3.8, 4) is 22.8 Å². The van der Waals surface area contributed by atoms with E-state index in [4.69, 9.17) is 15.1 Å². The number of rotatable bonds is 5. The molecule has 1 aliphatic heterocycles. The predicted molar refractivity (Wildman–Crippen MR) is 197 cm³/mol. The second-order valence-corrected chi connectivity index (χ2v) is 14.6. The predicted octanol–water partition coefficient (Wildman–Crippen LogP) is 7.56. The first-order valence-electron chi connectivity index (χ1n) is 17.2. The second kappa shape index (κ2) is 11.6. The molecule has 0 radical (unpaired) electrons. The van der Waals surface area contributed by atoms with E-state index in [1.807, 2.05) is 89.5 Å². The zero-order valence-corrected chi connectivity index (χ0v) is 29.6. The topological polar surface area (TPSA) is 119 Å². The minimum Gasteiger partial charge on any atom is -0.478 e. The van der Waals surface area contributed by atoms with Crippen LogP contribution in [0.25, 0.3) is 45.0 Å². The fourth-order valence-corrected chi connectivity index (χ4v) is 8.19. The molecule has 2 aliphatic rings. The summed E-state index contributed by atoms with van der Waals surface area (Å²) in [4.78, 5) is 42.1. The number of hydrogen-bond acceptors (Lipinski definition) is 6. The summed E-state index contributed by atoms with van der Waals surface area (Å²) in [6, 6.07) is 20.9. The number of imidazole rings is 1. The Morgan fingerprint density at radius 2 is 1.65 bits per heavy atom. The van der Waals surface area contributed by atoms with Crippen LogP contribution in [-0.2, 0) is 7.05 Å². The Morgan fingerprint density at radius 1 is 0.902 bits per heavy atom. The van der Waals surface area contributed by atoms with Crippen LogP contribution in [0, 0.1) is 24.7 Å². The number of benzene rings is 3. The summed E-state index contributed by atoms with van der Waals surface area (Å²) < 4.78 is 3.85. The van der Waals surface area contributed by atoms with Crippen LogP contribution in [0.1, 0.15) is 64.9 Å². The number of carbonyl (C=O) groups excluding carboxylic acids is 1. The van der Waals surface area contributed by atoms with Gasteiger partial charge in [0.2, 0.25) is 0 Å². The molecule has 0 fully saturated rings. The van der Waals surface area contributed by atoms with Gasteiger partial charge >= 0.3 is 5.97 Å². The number of amides is 1. The second-order valence-electron chi connectivity index (χ2n) is 14.6. The lowest BCUT2D eigenvalue weighted by Gasteiger charge is -2.50. The molecule has 10 nitrogen and oxygen atoms in total. The third kappa shape index (κ3) is 5.16. The van der Waals surface area contributed by atoms with Crippen molar-refractivity contribution in [1.29, 1.82) is 0 Å². The van der Waals surface area contributed by atoms with Gasteiger partial charge in [-0.05, 0) is 67.8 Å². The Kier molecular flexibility index (Phi) is 7.34. The molecule has 4 heterocycles. The van der Waals surface area contributed by atoms with E-state index in [9.17, 15) is 14.7 Å². The molecule has 3 aromatic heterocycles. The van der Waals surface area contributed by atoms with Crippen LogP contribution in [0.5, 0.6) is 0 Å². The maximum absolute atomic E-state index is 14.4. The number of aromatic nitrogens is 6. The number of carboxylic acid groups (broad SMARTS) is 1. The summed E-state index contributed by atoms with van der Waals surface area (Å²) in [5.74, 6) is 0.358. The number of fused-ring (bicyclic) bond motifs is 3. The van der Waals surface area contributed by atoms with Crippen molar-refractivity contribution in [3.05, 3.63) is 119 Å². The zero-order chi connectivity index (χ0) is 35.8. The minimum atomic E-state index is -0.933. The van der Waals surface area contributed by atoms with Gasteiger partial charge in [0.25, 0.3) is 5.91 Å². The van der Waals surface area contributed by atoms with Crippen LogP contribution in [-0.4, -0.2) is 64.1 Å². The minimum absolute atomic E-state index is 0.0278.